The first-order valence-corrected chi connectivity index (χ1v) is 9.52. The van der Waals surface area contributed by atoms with Crippen molar-refractivity contribution in [1.29, 1.82) is 0 Å². The van der Waals surface area contributed by atoms with Gasteiger partial charge in [-0.15, -0.1) is 0 Å². The normalized spacial score (nSPS) is 22.3. The highest BCUT2D eigenvalue weighted by Crippen LogP contribution is 2.41. The highest BCUT2D eigenvalue weighted by molar-refractivity contribution is 5.82. The molecule has 0 radical (unpaired) electrons. The number of hydrogen-bond acceptors (Lipinski definition) is 5. The van der Waals surface area contributed by atoms with Gasteiger partial charge in [0, 0.05) is 18.9 Å². The van der Waals surface area contributed by atoms with E-state index in [-0.39, 0.29) is 12.5 Å². The minimum Gasteiger partial charge on any atom is -0.458 e. The van der Waals surface area contributed by atoms with Gasteiger partial charge in [-0.1, -0.05) is 49.8 Å². The summed E-state index contributed by atoms with van der Waals surface area (Å²) in [6.45, 7) is 5.86. The van der Waals surface area contributed by atoms with Gasteiger partial charge in [-0.2, -0.15) is 0 Å². The number of nitrogens with zero attached hydrogens (tertiary/aromatic N) is 1. The first-order chi connectivity index (χ1) is 12.9. The fourth-order valence-electron chi connectivity index (χ4n) is 4.00. The molecule has 2 fully saturated rings. The summed E-state index contributed by atoms with van der Waals surface area (Å²) in [7, 11) is 0. The predicted octanol–water partition coefficient (Wildman–Crippen LogP) is 3.35. The van der Waals surface area contributed by atoms with Crippen molar-refractivity contribution in [3.63, 3.8) is 0 Å². The number of hydrogen-bond donors (Lipinski definition) is 1. The molecule has 1 amide bonds. The Bertz CT molecular complexity index is 698. The number of ether oxygens (including phenoxy) is 2. The third-order valence-corrected chi connectivity index (χ3v) is 5.41. The number of carbonyl (C=O) groups excluding carboxylic acids is 2. The van der Waals surface area contributed by atoms with Crippen LogP contribution in [0.5, 0.6) is 0 Å². The lowest BCUT2D eigenvalue weighted by Gasteiger charge is -2.33. The van der Waals surface area contributed by atoms with E-state index in [4.69, 9.17) is 9.47 Å². The minimum atomic E-state index is -1.65. The number of amides is 1. The molecular formula is C21H27NO5. The second kappa shape index (κ2) is 8.13. The summed E-state index contributed by atoms with van der Waals surface area (Å²) in [6, 6.07) is 9.02. The molecule has 0 aromatic heterocycles. The number of likely N-dealkylation sites (tertiary alicyclic amines) is 1. The molecule has 2 aliphatic rings. The fraction of sp³-hybridized carbons (Fsp3) is 0.524. The lowest BCUT2D eigenvalue weighted by Crippen LogP contribution is -2.45. The van der Waals surface area contributed by atoms with Gasteiger partial charge in [0.25, 0.3) is 0 Å². The van der Waals surface area contributed by atoms with E-state index in [2.05, 4.69) is 6.58 Å². The molecule has 6 heteroatoms. The Morgan fingerprint density at radius 3 is 2.48 bits per heavy atom. The Morgan fingerprint density at radius 2 is 1.85 bits per heavy atom. The van der Waals surface area contributed by atoms with Gasteiger partial charge in [0.2, 0.25) is 0 Å². The van der Waals surface area contributed by atoms with Crippen molar-refractivity contribution >= 4 is 12.1 Å². The zero-order valence-electron chi connectivity index (χ0n) is 15.7. The van der Waals surface area contributed by atoms with Crippen LogP contribution in [0.1, 0.15) is 44.6 Å². The van der Waals surface area contributed by atoms with Crippen molar-refractivity contribution in [2.45, 2.75) is 50.7 Å². The summed E-state index contributed by atoms with van der Waals surface area (Å²) < 4.78 is 10.7. The third kappa shape index (κ3) is 4.16. The molecule has 0 spiro atoms. The van der Waals surface area contributed by atoms with Crippen molar-refractivity contribution in [2.24, 2.45) is 5.92 Å². The first kappa shape index (κ1) is 19.4. The van der Waals surface area contributed by atoms with Gasteiger partial charge in [-0.05, 0) is 25.3 Å². The zero-order valence-corrected chi connectivity index (χ0v) is 15.7. The van der Waals surface area contributed by atoms with Crippen LogP contribution in [0.25, 0.3) is 0 Å². The number of carbonyl (C=O) groups is 2. The van der Waals surface area contributed by atoms with E-state index in [1.54, 1.807) is 19.1 Å². The molecule has 1 saturated heterocycles. The van der Waals surface area contributed by atoms with E-state index in [0.29, 0.717) is 24.3 Å². The molecule has 27 heavy (non-hydrogen) atoms. The number of aliphatic hydroxyl groups is 1. The predicted molar refractivity (Wildman–Crippen MR) is 99.7 cm³/mol. The van der Waals surface area contributed by atoms with Crippen LogP contribution in [0.4, 0.5) is 4.79 Å². The van der Waals surface area contributed by atoms with Crippen LogP contribution in [0.2, 0.25) is 0 Å². The molecule has 2 atom stereocenters. The van der Waals surface area contributed by atoms with Gasteiger partial charge in [-0.25, -0.2) is 9.59 Å². The molecule has 1 N–H and O–H groups in total. The Balaban J connectivity index is 1.71. The average molecular weight is 373 g/mol. The molecule has 6 nitrogen and oxygen atoms in total. The quantitative estimate of drug-likeness (QED) is 0.633. The van der Waals surface area contributed by atoms with Crippen molar-refractivity contribution in [2.75, 3.05) is 13.1 Å². The topological polar surface area (TPSA) is 76.1 Å². The standard InChI is InChI=1S/C21H27NO5/c1-15(2)26-20(24)22-13-12-18(14-22)27-19(23)21(25,17-10-6-7-11-17)16-8-4-3-5-9-16/h3-5,8-9,17-18,25H,1,6-7,10-14H2,2H3/t18-,21+/m1/s1. The van der Waals surface area contributed by atoms with Gasteiger partial charge < -0.3 is 19.5 Å². The smallest absolute Gasteiger partial charge is 0.415 e. The Hall–Kier alpha value is -2.34. The molecule has 0 unspecified atom stereocenters. The largest absolute Gasteiger partial charge is 0.458 e. The molecule has 1 aliphatic carbocycles. The van der Waals surface area contributed by atoms with Crippen LogP contribution in [0.3, 0.4) is 0 Å². The van der Waals surface area contributed by atoms with Crippen LogP contribution in [-0.4, -0.2) is 41.3 Å². The second-order valence-corrected chi connectivity index (χ2v) is 7.45. The second-order valence-electron chi connectivity index (χ2n) is 7.45. The van der Waals surface area contributed by atoms with Crippen molar-refractivity contribution < 1.29 is 24.2 Å². The Kier molecular flexibility index (Phi) is 5.85. The number of benzene rings is 1. The highest BCUT2D eigenvalue weighted by atomic mass is 16.6. The first-order valence-electron chi connectivity index (χ1n) is 9.52. The van der Waals surface area contributed by atoms with E-state index < -0.39 is 23.8 Å². The molecule has 3 rings (SSSR count). The van der Waals surface area contributed by atoms with Crippen LogP contribution in [-0.2, 0) is 19.9 Å². The molecule has 1 saturated carbocycles. The zero-order chi connectivity index (χ0) is 19.4. The van der Waals surface area contributed by atoms with Gasteiger partial charge >= 0.3 is 12.1 Å². The van der Waals surface area contributed by atoms with Crippen LogP contribution < -0.4 is 0 Å². The monoisotopic (exact) mass is 373 g/mol. The van der Waals surface area contributed by atoms with Gasteiger partial charge in [0.15, 0.2) is 5.60 Å². The summed E-state index contributed by atoms with van der Waals surface area (Å²) in [5, 5.41) is 11.4. The minimum absolute atomic E-state index is 0.154. The Labute approximate surface area is 159 Å². The van der Waals surface area contributed by atoms with Crippen molar-refractivity contribution in [3.05, 3.63) is 48.2 Å². The maximum Gasteiger partial charge on any atom is 0.415 e. The maximum atomic E-state index is 13.0. The van der Waals surface area contributed by atoms with E-state index in [0.717, 1.165) is 25.7 Å². The number of rotatable bonds is 5. The average Bonchev–Trinajstić information content (AvgIpc) is 3.33. The highest BCUT2D eigenvalue weighted by Gasteiger charge is 2.49. The number of allylic oxidation sites excluding steroid dienone is 1. The van der Waals surface area contributed by atoms with Crippen molar-refractivity contribution in [3.8, 4) is 0 Å². The van der Waals surface area contributed by atoms with Crippen molar-refractivity contribution in [1.82, 2.24) is 4.90 Å². The van der Waals surface area contributed by atoms with Crippen LogP contribution in [0, 0.1) is 5.92 Å². The molecule has 1 heterocycles. The van der Waals surface area contributed by atoms with Crippen LogP contribution in [0.15, 0.2) is 42.7 Å². The fourth-order valence-corrected chi connectivity index (χ4v) is 4.00. The third-order valence-electron chi connectivity index (χ3n) is 5.41. The molecule has 146 valence electrons. The summed E-state index contributed by atoms with van der Waals surface area (Å²) in [5.41, 5.74) is -1.08. The van der Waals surface area contributed by atoms with Gasteiger partial charge in [0.05, 0.1) is 12.3 Å². The maximum absolute atomic E-state index is 13.0. The van der Waals surface area contributed by atoms with E-state index in [9.17, 15) is 14.7 Å². The lowest BCUT2D eigenvalue weighted by molar-refractivity contribution is -0.178. The van der Waals surface area contributed by atoms with E-state index in [1.165, 1.54) is 4.90 Å². The summed E-state index contributed by atoms with van der Waals surface area (Å²) in [4.78, 5) is 26.5. The SMILES string of the molecule is C=C(C)OC(=O)N1CC[C@@H](OC(=O)[C@](O)(c2ccccc2)C2CCCC2)C1. The summed E-state index contributed by atoms with van der Waals surface area (Å²) >= 11 is 0. The van der Waals surface area contributed by atoms with Gasteiger partial charge in [0.1, 0.15) is 6.10 Å². The van der Waals surface area contributed by atoms with E-state index in [1.807, 2.05) is 18.2 Å². The summed E-state index contributed by atoms with van der Waals surface area (Å²) in [6.07, 6.45) is 3.16. The molecule has 1 aromatic carbocycles. The van der Waals surface area contributed by atoms with Gasteiger partial charge in [-0.3, -0.25) is 0 Å². The van der Waals surface area contributed by atoms with E-state index >= 15 is 0 Å². The molecule has 1 aliphatic heterocycles. The molecular weight excluding hydrogens is 346 g/mol. The Morgan fingerprint density at radius 1 is 1.19 bits per heavy atom. The summed E-state index contributed by atoms with van der Waals surface area (Å²) in [5.74, 6) is -0.459. The lowest BCUT2D eigenvalue weighted by atomic mass is 9.80. The molecule has 1 aromatic rings. The number of esters is 1. The van der Waals surface area contributed by atoms with Crippen LogP contribution >= 0.6 is 0 Å². The molecule has 0 bridgehead atoms.